The maximum atomic E-state index is 11.7. The van der Waals surface area contributed by atoms with E-state index in [1.165, 1.54) is 11.8 Å². The van der Waals surface area contributed by atoms with Gasteiger partial charge in [-0.2, -0.15) is 24.9 Å². The molecule has 0 aliphatic carbocycles. The number of aliphatic carboxylic acids is 1. The van der Waals surface area contributed by atoms with Crippen molar-refractivity contribution in [3.63, 3.8) is 0 Å². The van der Waals surface area contributed by atoms with Gasteiger partial charge in [0, 0.05) is 11.5 Å². The first-order valence-electron chi connectivity index (χ1n) is 4.10. The number of hydrogen-bond acceptors (Lipinski definition) is 4. The standard InChI is InChI=1S/C7H12F3NO2S2/c8-7(9,10)15-4-3-14-2-1-5(11)6(12)13/h5H,1-4,11H2,(H,12,13). The third-order valence-electron chi connectivity index (χ3n) is 1.38. The molecule has 0 aliphatic heterocycles. The van der Waals surface area contributed by atoms with Crippen molar-refractivity contribution in [2.75, 3.05) is 17.3 Å². The first-order valence-corrected chi connectivity index (χ1v) is 6.24. The Morgan fingerprint density at radius 1 is 1.33 bits per heavy atom. The minimum Gasteiger partial charge on any atom is -0.480 e. The van der Waals surface area contributed by atoms with Gasteiger partial charge in [0.05, 0.1) is 0 Å². The monoisotopic (exact) mass is 263 g/mol. The van der Waals surface area contributed by atoms with Gasteiger partial charge >= 0.3 is 11.5 Å². The topological polar surface area (TPSA) is 63.3 Å². The zero-order valence-electron chi connectivity index (χ0n) is 7.79. The minimum atomic E-state index is -4.18. The molecule has 0 saturated carbocycles. The highest BCUT2D eigenvalue weighted by Gasteiger charge is 2.27. The molecule has 0 aromatic heterocycles. The average molecular weight is 263 g/mol. The van der Waals surface area contributed by atoms with Gasteiger partial charge in [-0.25, -0.2) is 0 Å². The Hall–Kier alpha value is -0.0800. The van der Waals surface area contributed by atoms with Gasteiger partial charge < -0.3 is 10.8 Å². The van der Waals surface area contributed by atoms with E-state index in [2.05, 4.69) is 0 Å². The van der Waals surface area contributed by atoms with Crippen LogP contribution in [0.25, 0.3) is 0 Å². The van der Waals surface area contributed by atoms with Gasteiger partial charge in [0.25, 0.3) is 0 Å². The zero-order valence-corrected chi connectivity index (χ0v) is 9.42. The number of rotatable bonds is 7. The number of carboxylic acid groups (broad SMARTS) is 1. The normalized spacial score (nSPS) is 13.9. The second kappa shape index (κ2) is 7.24. The van der Waals surface area contributed by atoms with Crippen molar-refractivity contribution in [3.8, 4) is 0 Å². The Balaban J connectivity index is 3.29. The summed E-state index contributed by atoms with van der Waals surface area (Å²) in [4.78, 5) is 10.3. The SMILES string of the molecule is NC(CCSCCSC(F)(F)F)C(=O)O. The van der Waals surface area contributed by atoms with E-state index in [-0.39, 0.29) is 23.9 Å². The molecule has 15 heavy (non-hydrogen) atoms. The van der Waals surface area contributed by atoms with Gasteiger partial charge in [-0.3, -0.25) is 4.79 Å². The summed E-state index contributed by atoms with van der Waals surface area (Å²) in [6.07, 6.45) is 0.274. The third kappa shape index (κ3) is 10.2. The lowest BCUT2D eigenvalue weighted by Gasteiger charge is -2.06. The first kappa shape index (κ1) is 14.9. The van der Waals surface area contributed by atoms with Crippen LogP contribution in [0.3, 0.4) is 0 Å². The minimum absolute atomic E-state index is 0.0174. The maximum Gasteiger partial charge on any atom is 0.441 e. The predicted octanol–water partition coefficient (Wildman–Crippen LogP) is 1.77. The molecule has 1 atom stereocenters. The molecular weight excluding hydrogens is 251 g/mol. The highest BCUT2D eigenvalue weighted by Crippen LogP contribution is 2.30. The van der Waals surface area contributed by atoms with Gasteiger partial charge in [0.1, 0.15) is 6.04 Å². The van der Waals surface area contributed by atoms with Gasteiger partial charge in [0.2, 0.25) is 0 Å². The summed E-state index contributed by atoms with van der Waals surface area (Å²) in [5, 5.41) is 8.40. The Labute approximate surface area is 94.0 Å². The molecule has 0 saturated heterocycles. The quantitative estimate of drug-likeness (QED) is 0.685. The lowest BCUT2D eigenvalue weighted by molar-refractivity contribution is -0.138. The molecule has 0 amide bonds. The van der Waals surface area contributed by atoms with Gasteiger partial charge in [-0.1, -0.05) is 11.8 Å². The molecule has 8 heteroatoms. The molecule has 3 N–H and O–H groups in total. The number of thioether (sulfide) groups is 2. The van der Waals surface area contributed by atoms with Crippen LogP contribution in [0.1, 0.15) is 6.42 Å². The molecule has 0 aromatic rings. The van der Waals surface area contributed by atoms with Crippen LogP contribution in [0.15, 0.2) is 0 Å². The van der Waals surface area contributed by atoms with E-state index >= 15 is 0 Å². The fourth-order valence-electron chi connectivity index (χ4n) is 0.652. The fourth-order valence-corrected chi connectivity index (χ4v) is 2.31. The van der Waals surface area contributed by atoms with Crippen molar-refractivity contribution < 1.29 is 23.1 Å². The third-order valence-corrected chi connectivity index (χ3v) is 3.39. The number of carboxylic acids is 1. The average Bonchev–Trinajstić information content (AvgIpc) is 2.08. The number of hydrogen-bond donors (Lipinski definition) is 2. The highest BCUT2D eigenvalue weighted by atomic mass is 32.2. The molecule has 0 aliphatic rings. The Kier molecular flexibility index (Phi) is 7.20. The van der Waals surface area contributed by atoms with Crippen LogP contribution >= 0.6 is 23.5 Å². The van der Waals surface area contributed by atoms with E-state index in [9.17, 15) is 18.0 Å². The second-order valence-corrected chi connectivity index (χ2v) is 5.02. The summed E-state index contributed by atoms with van der Waals surface area (Å²) in [5.41, 5.74) is 1.02. The summed E-state index contributed by atoms with van der Waals surface area (Å²) in [7, 11) is 0. The Morgan fingerprint density at radius 2 is 1.93 bits per heavy atom. The molecule has 90 valence electrons. The summed E-state index contributed by atoms with van der Waals surface area (Å²) in [6.45, 7) is 0. The summed E-state index contributed by atoms with van der Waals surface area (Å²) in [5.74, 6) is -0.293. The van der Waals surface area contributed by atoms with Crippen molar-refractivity contribution in [3.05, 3.63) is 0 Å². The molecule has 0 heterocycles. The molecule has 3 nitrogen and oxygen atoms in total. The fraction of sp³-hybridized carbons (Fsp3) is 0.857. The van der Waals surface area contributed by atoms with E-state index in [1.807, 2.05) is 0 Å². The molecular formula is C7H12F3NO2S2. The second-order valence-electron chi connectivity index (χ2n) is 2.64. The van der Waals surface area contributed by atoms with Gasteiger partial charge in [0.15, 0.2) is 0 Å². The molecule has 0 fully saturated rings. The van der Waals surface area contributed by atoms with Crippen LogP contribution < -0.4 is 5.73 Å². The van der Waals surface area contributed by atoms with Crippen LogP contribution in [0, 0.1) is 0 Å². The lowest BCUT2D eigenvalue weighted by atomic mass is 10.2. The molecule has 1 unspecified atom stereocenters. The first-order chi connectivity index (χ1) is 6.83. The molecule has 0 rings (SSSR count). The van der Waals surface area contributed by atoms with Crippen molar-refractivity contribution in [2.45, 2.75) is 18.0 Å². The van der Waals surface area contributed by atoms with Crippen LogP contribution in [0.5, 0.6) is 0 Å². The lowest BCUT2D eigenvalue weighted by Crippen LogP contribution is -2.30. The predicted molar refractivity (Wildman–Crippen MR) is 56.1 cm³/mol. The van der Waals surface area contributed by atoms with Crippen molar-refractivity contribution in [2.24, 2.45) is 5.73 Å². The summed E-state index contributed by atoms with van der Waals surface area (Å²) in [6, 6.07) is -0.923. The molecule has 0 aromatic carbocycles. The van der Waals surface area contributed by atoms with E-state index in [4.69, 9.17) is 10.8 Å². The van der Waals surface area contributed by atoms with Crippen molar-refractivity contribution >= 4 is 29.5 Å². The van der Waals surface area contributed by atoms with E-state index in [0.29, 0.717) is 11.5 Å². The molecule has 0 bridgehead atoms. The van der Waals surface area contributed by atoms with Crippen LogP contribution in [0.2, 0.25) is 0 Å². The number of carbonyl (C=O) groups is 1. The smallest absolute Gasteiger partial charge is 0.441 e. The Morgan fingerprint density at radius 3 is 2.40 bits per heavy atom. The summed E-state index contributed by atoms with van der Waals surface area (Å²) >= 11 is 1.21. The van der Waals surface area contributed by atoms with Gasteiger partial charge in [-0.15, -0.1) is 0 Å². The maximum absolute atomic E-state index is 11.7. The van der Waals surface area contributed by atoms with Crippen molar-refractivity contribution in [1.82, 2.24) is 0 Å². The molecule has 0 radical (unpaired) electrons. The van der Waals surface area contributed by atoms with Crippen LogP contribution in [-0.2, 0) is 4.79 Å². The van der Waals surface area contributed by atoms with Crippen LogP contribution in [-0.4, -0.2) is 39.9 Å². The highest BCUT2D eigenvalue weighted by molar-refractivity contribution is 8.03. The molecule has 0 spiro atoms. The van der Waals surface area contributed by atoms with Gasteiger partial charge in [-0.05, 0) is 12.2 Å². The van der Waals surface area contributed by atoms with Crippen molar-refractivity contribution in [1.29, 1.82) is 0 Å². The Bertz CT molecular complexity index is 201. The largest absolute Gasteiger partial charge is 0.480 e. The van der Waals surface area contributed by atoms with E-state index in [1.54, 1.807) is 0 Å². The number of halogens is 3. The van der Waals surface area contributed by atoms with E-state index in [0.717, 1.165) is 0 Å². The van der Waals surface area contributed by atoms with Crippen LogP contribution in [0.4, 0.5) is 13.2 Å². The number of nitrogens with two attached hydrogens (primary N) is 1. The van der Waals surface area contributed by atoms with E-state index < -0.39 is 17.5 Å². The zero-order chi connectivity index (χ0) is 11.9. The summed E-state index contributed by atoms with van der Waals surface area (Å²) < 4.78 is 35.0. The number of alkyl halides is 3.